The van der Waals surface area contributed by atoms with E-state index in [1.54, 1.807) is 19.1 Å². The van der Waals surface area contributed by atoms with Crippen molar-refractivity contribution in [2.24, 2.45) is 0 Å². The number of rotatable bonds is 5. The van der Waals surface area contributed by atoms with Gasteiger partial charge in [-0.3, -0.25) is 4.79 Å². The molecular weight excluding hydrogens is 393 g/mol. The summed E-state index contributed by atoms with van der Waals surface area (Å²) in [5.74, 6) is 0.0721. The summed E-state index contributed by atoms with van der Waals surface area (Å²) in [4.78, 5) is 17.4. The molecule has 0 aliphatic carbocycles. The minimum absolute atomic E-state index is 0.176. The first-order valence-electron chi connectivity index (χ1n) is 9.23. The second kappa shape index (κ2) is 7.67. The molecule has 4 rings (SSSR count). The van der Waals surface area contributed by atoms with E-state index in [0.717, 1.165) is 23.4 Å². The topological polar surface area (TPSA) is 64.7 Å². The molecule has 6 nitrogen and oxygen atoms in total. The standard InChI is InChI=1S/C21H19ClFN5O/c1-3-27-17-7-5-4-6-16(17)25-18(27)12-24-21(29)19-13(2)26-28(20(19)22)15-10-8-14(23)9-11-15/h4-11H,3,12H2,1-2H3,(H,24,29). The van der Waals surface area contributed by atoms with E-state index >= 15 is 0 Å². The van der Waals surface area contributed by atoms with Gasteiger partial charge in [0.1, 0.15) is 16.8 Å². The highest BCUT2D eigenvalue weighted by Crippen LogP contribution is 2.24. The van der Waals surface area contributed by atoms with E-state index in [1.165, 1.54) is 16.8 Å². The average Bonchev–Trinajstić information content (AvgIpc) is 3.23. The quantitative estimate of drug-likeness (QED) is 0.533. The summed E-state index contributed by atoms with van der Waals surface area (Å²) in [5, 5.41) is 7.40. The van der Waals surface area contributed by atoms with Crippen molar-refractivity contribution in [3.63, 3.8) is 0 Å². The molecular formula is C21H19ClFN5O. The number of nitrogens with zero attached hydrogens (tertiary/aromatic N) is 4. The molecule has 1 amide bonds. The second-order valence-corrected chi connectivity index (χ2v) is 6.94. The molecule has 0 saturated heterocycles. The normalized spacial score (nSPS) is 11.2. The average molecular weight is 412 g/mol. The molecule has 0 bridgehead atoms. The number of imidazole rings is 1. The van der Waals surface area contributed by atoms with Crippen LogP contribution < -0.4 is 5.32 Å². The Bertz CT molecular complexity index is 1200. The minimum Gasteiger partial charge on any atom is -0.345 e. The molecule has 2 heterocycles. The van der Waals surface area contributed by atoms with E-state index in [-0.39, 0.29) is 29.0 Å². The van der Waals surface area contributed by atoms with Gasteiger partial charge in [0.2, 0.25) is 0 Å². The Kier molecular flexibility index (Phi) is 5.07. The molecule has 4 aromatic rings. The van der Waals surface area contributed by atoms with Gasteiger partial charge in [0.15, 0.2) is 0 Å². The third-order valence-electron chi connectivity index (χ3n) is 4.76. The van der Waals surface area contributed by atoms with Crippen molar-refractivity contribution in [3.8, 4) is 5.69 Å². The third kappa shape index (κ3) is 3.49. The van der Waals surface area contributed by atoms with E-state index in [0.29, 0.717) is 11.4 Å². The van der Waals surface area contributed by atoms with Gasteiger partial charge >= 0.3 is 0 Å². The van der Waals surface area contributed by atoms with Crippen molar-refractivity contribution < 1.29 is 9.18 Å². The van der Waals surface area contributed by atoms with Gasteiger partial charge in [-0.15, -0.1) is 0 Å². The largest absolute Gasteiger partial charge is 0.345 e. The molecule has 0 radical (unpaired) electrons. The number of aromatic nitrogens is 4. The number of hydrogen-bond acceptors (Lipinski definition) is 3. The highest BCUT2D eigenvalue weighted by atomic mass is 35.5. The number of carbonyl (C=O) groups excluding carboxylic acids is 1. The van der Waals surface area contributed by atoms with Crippen LogP contribution in [0.3, 0.4) is 0 Å². The molecule has 0 unspecified atom stereocenters. The number of para-hydroxylation sites is 2. The van der Waals surface area contributed by atoms with Crippen LogP contribution in [0.15, 0.2) is 48.5 Å². The molecule has 0 aliphatic rings. The fraction of sp³-hybridized carbons (Fsp3) is 0.190. The first kappa shape index (κ1) is 19.1. The Labute approximate surface area is 171 Å². The smallest absolute Gasteiger partial charge is 0.256 e. The molecule has 2 aromatic heterocycles. The van der Waals surface area contributed by atoms with Crippen LogP contribution in [-0.4, -0.2) is 25.2 Å². The Morgan fingerprint density at radius 2 is 1.90 bits per heavy atom. The van der Waals surface area contributed by atoms with Gasteiger partial charge in [-0.05, 0) is 50.2 Å². The maximum Gasteiger partial charge on any atom is 0.256 e. The predicted octanol–water partition coefficient (Wildman–Crippen LogP) is 4.27. The summed E-state index contributed by atoms with van der Waals surface area (Å²) in [5.41, 5.74) is 3.26. The van der Waals surface area contributed by atoms with Crippen LogP contribution in [-0.2, 0) is 13.1 Å². The summed E-state index contributed by atoms with van der Waals surface area (Å²) >= 11 is 6.43. The van der Waals surface area contributed by atoms with Gasteiger partial charge in [0.25, 0.3) is 5.91 Å². The fourth-order valence-electron chi connectivity index (χ4n) is 3.37. The summed E-state index contributed by atoms with van der Waals surface area (Å²) < 4.78 is 16.7. The monoisotopic (exact) mass is 411 g/mol. The predicted molar refractivity (Wildman–Crippen MR) is 110 cm³/mol. The number of benzene rings is 2. The lowest BCUT2D eigenvalue weighted by Crippen LogP contribution is -2.25. The van der Waals surface area contributed by atoms with Crippen LogP contribution in [0.1, 0.15) is 28.8 Å². The number of hydrogen-bond donors (Lipinski definition) is 1. The van der Waals surface area contributed by atoms with Crippen molar-refractivity contribution in [1.29, 1.82) is 0 Å². The Morgan fingerprint density at radius 1 is 1.17 bits per heavy atom. The van der Waals surface area contributed by atoms with Crippen LogP contribution in [0, 0.1) is 12.7 Å². The zero-order chi connectivity index (χ0) is 20.5. The fourth-order valence-corrected chi connectivity index (χ4v) is 3.73. The molecule has 8 heteroatoms. The van der Waals surface area contributed by atoms with Gasteiger partial charge in [-0.25, -0.2) is 14.1 Å². The van der Waals surface area contributed by atoms with E-state index in [4.69, 9.17) is 11.6 Å². The van der Waals surface area contributed by atoms with E-state index in [9.17, 15) is 9.18 Å². The molecule has 0 saturated carbocycles. The van der Waals surface area contributed by atoms with Crippen molar-refractivity contribution in [2.45, 2.75) is 26.9 Å². The van der Waals surface area contributed by atoms with Gasteiger partial charge in [0.05, 0.1) is 34.5 Å². The molecule has 0 fully saturated rings. The maximum absolute atomic E-state index is 13.2. The molecule has 1 N–H and O–H groups in total. The molecule has 0 spiro atoms. The van der Waals surface area contributed by atoms with Gasteiger partial charge in [-0.1, -0.05) is 23.7 Å². The summed E-state index contributed by atoms with van der Waals surface area (Å²) in [6.45, 7) is 4.75. The van der Waals surface area contributed by atoms with E-state index in [2.05, 4.69) is 20.0 Å². The highest BCUT2D eigenvalue weighted by Gasteiger charge is 2.21. The van der Waals surface area contributed by atoms with Gasteiger partial charge in [0, 0.05) is 6.54 Å². The Hall–Kier alpha value is -3.19. The van der Waals surface area contributed by atoms with Crippen molar-refractivity contribution in [1.82, 2.24) is 24.6 Å². The SMILES string of the molecule is CCn1c(CNC(=O)c2c(C)nn(-c3ccc(F)cc3)c2Cl)nc2ccccc21. The van der Waals surface area contributed by atoms with Crippen molar-refractivity contribution in [3.05, 3.63) is 76.6 Å². The number of carbonyl (C=O) groups is 1. The van der Waals surface area contributed by atoms with Crippen LogP contribution in [0.2, 0.25) is 5.15 Å². The molecule has 29 heavy (non-hydrogen) atoms. The third-order valence-corrected chi connectivity index (χ3v) is 5.11. The van der Waals surface area contributed by atoms with Crippen molar-refractivity contribution in [2.75, 3.05) is 0 Å². The number of aryl methyl sites for hydroxylation is 2. The Morgan fingerprint density at radius 3 is 2.62 bits per heavy atom. The maximum atomic E-state index is 13.2. The summed E-state index contributed by atoms with van der Waals surface area (Å²) in [6.07, 6.45) is 0. The van der Waals surface area contributed by atoms with E-state index < -0.39 is 0 Å². The van der Waals surface area contributed by atoms with Crippen molar-refractivity contribution >= 4 is 28.5 Å². The summed E-state index contributed by atoms with van der Waals surface area (Å²) in [6, 6.07) is 13.6. The number of fused-ring (bicyclic) bond motifs is 1. The first-order valence-corrected chi connectivity index (χ1v) is 9.60. The molecule has 0 atom stereocenters. The molecule has 2 aromatic carbocycles. The summed E-state index contributed by atoms with van der Waals surface area (Å²) in [7, 11) is 0. The molecule has 0 aliphatic heterocycles. The van der Waals surface area contributed by atoms with Crippen LogP contribution in [0.5, 0.6) is 0 Å². The lowest BCUT2D eigenvalue weighted by Gasteiger charge is -2.08. The Balaban J connectivity index is 1.59. The van der Waals surface area contributed by atoms with Crippen LogP contribution in [0.4, 0.5) is 4.39 Å². The minimum atomic E-state index is -0.356. The van der Waals surface area contributed by atoms with Gasteiger partial charge in [-0.2, -0.15) is 5.10 Å². The lowest BCUT2D eigenvalue weighted by atomic mass is 10.2. The highest BCUT2D eigenvalue weighted by molar-refractivity contribution is 6.33. The second-order valence-electron chi connectivity index (χ2n) is 6.58. The number of nitrogens with one attached hydrogen (secondary N) is 1. The first-order chi connectivity index (χ1) is 14.0. The molecule has 148 valence electrons. The number of halogens is 2. The number of amides is 1. The zero-order valence-electron chi connectivity index (χ0n) is 16.0. The van der Waals surface area contributed by atoms with Crippen LogP contribution >= 0.6 is 11.6 Å². The lowest BCUT2D eigenvalue weighted by molar-refractivity contribution is 0.0949. The van der Waals surface area contributed by atoms with E-state index in [1.807, 2.05) is 31.2 Å². The van der Waals surface area contributed by atoms with Crippen LogP contribution in [0.25, 0.3) is 16.7 Å². The zero-order valence-corrected chi connectivity index (χ0v) is 16.7. The van der Waals surface area contributed by atoms with Gasteiger partial charge < -0.3 is 9.88 Å².